The number of amides is 4. The maximum atomic E-state index is 13.5. The van der Waals surface area contributed by atoms with Gasteiger partial charge in [-0.05, 0) is 61.1 Å². The molecule has 2 aliphatic heterocycles. The number of likely N-dealkylation sites (tertiary alicyclic amines) is 1. The van der Waals surface area contributed by atoms with Gasteiger partial charge in [-0.1, -0.05) is 31.0 Å². The molecule has 3 aliphatic rings. The summed E-state index contributed by atoms with van der Waals surface area (Å²) in [5.74, 6) is -0.351. The second kappa shape index (κ2) is 9.64. The molecule has 2 aromatic carbocycles. The number of nitrogens with zero attached hydrogens (tertiary/aromatic N) is 2. The number of ether oxygens (including phenoxy) is 1. The summed E-state index contributed by atoms with van der Waals surface area (Å²) in [6, 6.07) is 14.1. The number of imide groups is 1. The van der Waals surface area contributed by atoms with Crippen molar-refractivity contribution in [1.82, 2.24) is 10.2 Å². The molecule has 5 rings (SSSR count). The lowest BCUT2D eigenvalue weighted by atomic mass is 9.79. The van der Waals surface area contributed by atoms with Gasteiger partial charge in [-0.2, -0.15) is 0 Å². The number of hydrogen-bond donors (Lipinski definition) is 2. The van der Waals surface area contributed by atoms with Crippen LogP contribution in [-0.2, 0) is 14.4 Å². The number of nitrogens with one attached hydrogen (secondary N) is 1. The van der Waals surface area contributed by atoms with Crippen molar-refractivity contribution in [3.05, 3.63) is 54.6 Å². The van der Waals surface area contributed by atoms with Crippen molar-refractivity contribution in [2.24, 2.45) is 5.41 Å². The van der Waals surface area contributed by atoms with E-state index < -0.39 is 35.4 Å². The van der Waals surface area contributed by atoms with Gasteiger partial charge in [0.25, 0.3) is 5.91 Å². The lowest BCUT2D eigenvalue weighted by molar-refractivity contribution is -0.143. The fourth-order valence-electron chi connectivity index (χ4n) is 5.80. The fourth-order valence-corrected chi connectivity index (χ4v) is 5.80. The SMILES string of the molecule is O=C(O)CC1(CC(=O)N2CC[C@H]3NC(=O)N(c4ccc(Oc5ccccc5)cc4)C(=O)[C@@H]32)CCCC1. The molecule has 1 saturated carbocycles. The number of para-hydroxylation sites is 1. The molecule has 2 aromatic rings. The molecule has 36 heavy (non-hydrogen) atoms. The second-order valence-corrected chi connectivity index (χ2v) is 9.91. The van der Waals surface area contributed by atoms with E-state index >= 15 is 0 Å². The largest absolute Gasteiger partial charge is 0.481 e. The predicted molar refractivity (Wildman–Crippen MR) is 131 cm³/mol. The number of rotatable bonds is 7. The van der Waals surface area contributed by atoms with Gasteiger partial charge in [0.1, 0.15) is 17.5 Å². The second-order valence-electron chi connectivity index (χ2n) is 9.91. The van der Waals surface area contributed by atoms with Crippen LogP contribution in [0.2, 0.25) is 0 Å². The van der Waals surface area contributed by atoms with Crippen molar-refractivity contribution >= 4 is 29.5 Å². The lowest BCUT2D eigenvalue weighted by Gasteiger charge is -2.38. The van der Waals surface area contributed by atoms with Crippen molar-refractivity contribution < 1.29 is 29.0 Å². The van der Waals surface area contributed by atoms with Gasteiger partial charge < -0.3 is 20.1 Å². The molecule has 2 heterocycles. The van der Waals surface area contributed by atoms with Crippen molar-refractivity contribution in [1.29, 1.82) is 0 Å². The fraction of sp³-hybridized carbons (Fsp3) is 0.407. The van der Waals surface area contributed by atoms with Gasteiger partial charge in [0, 0.05) is 13.0 Å². The Labute approximate surface area is 209 Å². The Bertz CT molecular complexity index is 1160. The van der Waals surface area contributed by atoms with Gasteiger partial charge in [-0.15, -0.1) is 0 Å². The zero-order valence-electron chi connectivity index (χ0n) is 19.9. The molecule has 0 spiro atoms. The summed E-state index contributed by atoms with van der Waals surface area (Å²) in [4.78, 5) is 53.8. The Morgan fingerprint density at radius 2 is 1.64 bits per heavy atom. The van der Waals surface area contributed by atoms with E-state index in [1.165, 1.54) is 4.90 Å². The van der Waals surface area contributed by atoms with E-state index in [4.69, 9.17) is 4.74 Å². The minimum absolute atomic E-state index is 0.0467. The standard InChI is InChI=1S/C27H29N3O6/c31-22(16-27(17-23(32)33)13-4-5-14-27)29-15-12-21-24(29)25(34)30(26(35)28-21)18-8-10-20(11-9-18)36-19-6-2-1-3-7-19/h1-3,6-11,21,24H,4-5,12-17H2,(H,28,35)(H,32,33)/t21-,24-/m1/s1. The number of hydrogen-bond acceptors (Lipinski definition) is 5. The van der Waals surface area contributed by atoms with Crippen LogP contribution in [0.3, 0.4) is 0 Å². The van der Waals surface area contributed by atoms with Crippen LogP contribution in [-0.4, -0.2) is 52.4 Å². The molecule has 4 amide bonds. The molecule has 2 saturated heterocycles. The number of anilines is 1. The molecule has 9 heteroatoms. The van der Waals surface area contributed by atoms with Crippen LogP contribution >= 0.6 is 0 Å². The van der Waals surface area contributed by atoms with E-state index in [9.17, 15) is 24.3 Å². The minimum atomic E-state index is -0.907. The van der Waals surface area contributed by atoms with Crippen LogP contribution in [0.15, 0.2) is 54.6 Å². The third-order valence-corrected chi connectivity index (χ3v) is 7.49. The first-order valence-corrected chi connectivity index (χ1v) is 12.3. The summed E-state index contributed by atoms with van der Waals surface area (Å²) in [6.45, 7) is 0.348. The summed E-state index contributed by atoms with van der Waals surface area (Å²) in [6.07, 6.45) is 3.74. The van der Waals surface area contributed by atoms with E-state index in [0.29, 0.717) is 43.0 Å². The molecule has 2 N–H and O–H groups in total. The van der Waals surface area contributed by atoms with E-state index in [1.54, 1.807) is 24.3 Å². The summed E-state index contributed by atoms with van der Waals surface area (Å²) in [5, 5.41) is 12.3. The average molecular weight is 492 g/mol. The number of urea groups is 1. The summed E-state index contributed by atoms with van der Waals surface area (Å²) in [5.41, 5.74) is -0.176. The number of carboxylic acids is 1. The number of fused-ring (bicyclic) bond motifs is 1. The summed E-state index contributed by atoms with van der Waals surface area (Å²) >= 11 is 0. The third-order valence-electron chi connectivity index (χ3n) is 7.49. The van der Waals surface area contributed by atoms with E-state index in [-0.39, 0.29) is 18.7 Å². The van der Waals surface area contributed by atoms with Crippen LogP contribution in [0, 0.1) is 5.41 Å². The highest BCUT2D eigenvalue weighted by Gasteiger charge is 2.51. The maximum absolute atomic E-state index is 13.5. The van der Waals surface area contributed by atoms with Crippen LogP contribution < -0.4 is 15.0 Å². The first-order chi connectivity index (χ1) is 17.3. The highest BCUT2D eigenvalue weighted by atomic mass is 16.5. The summed E-state index contributed by atoms with van der Waals surface area (Å²) < 4.78 is 5.79. The smallest absolute Gasteiger partial charge is 0.329 e. The molecule has 188 valence electrons. The average Bonchev–Trinajstić information content (AvgIpc) is 3.47. The number of benzene rings is 2. The van der Waals surface area contributed by atoms with Crippen molar-refractivity contribution in [3.63, 3.8) is 0 Å². The number of carboxylic acid groups (broad SMARTS) is 1. The van der Waals surface area contributed by atoms with Gasteiger partial charge in [0.2, 0.25) is 5.91 Å². The summed E-state index contributed by atoms with van der Waals surface area (Å²) in [7, 11) is 0. The molecule has 0 unspecified atom stereocenters. The number of aliphatic carboxylic acids is 1. The van der Waals surface area contributed by atoms with Gasteiger partial charge in [0.15, 0.2) is 0 Å². The molecule has 0 radical (unpaired) electrons. The first-order valence-electron chi connectivity index (χ1n) is 12.3. The van der Waals surface area contributed by atoms with Crippen molar-refractivity contribution in [2.45, 2.75) is 57.0 Å². The van der Waals surface area contributed by atoms with E-state index in [0.717, 1.165) is 17.7 Å². The normalized spacial score (nSPS) is 22.8. The zero-order valence-corrected chi connectivity index (χ0v) is 19.9. The molecule has 1 aliphatic carbocycles. The van der Waals surface area contributed by atoms with Crippen LogP contribution in [0.1, 0.15) is 44.9 Å². The van der Waals surface area contributed by atoms with Crippen LogP contribution in [0.4, 0.5) is 10.5 Å². The monoisotopic (exact) mass is 491 g/mol. The Hall–Kier alpha value is -3.88. The quantitative estimate of drug-likeness (QED) is 0.606. The Kier molecular flexibility index (Phi) is 6.38. The highest BCUT2D eigenvalue weighted by Crippen LogP contribution is 2.45. The predicted octanol–water partition coefficient (Wildman–Crippen LogP) is 3.93. The van der Waals surface area contributed by atoms with Gasteiger partial charge >= 0.3 is 12.0 Å². The zero-order chi connectivity index (χ0) is 25.3. The Morgan fingerprint density at radius 3 is 2.31 bits per heavy atom. The van der Waals surface area contributed by atoms with Gasteiger partial charge in [-0.3, -0.25) is 14.4 Å². The lowest BCUT2D eigenvalue weighted by Crippen LogP contribution is -2.65. The highest BCUT2D eigenvalue weighted by molar-refractivity contribution is 6.19. The maximum Gasteiger partial charge on any atom is 0.329 e. The molecular weight excluding hydrogens is 462 g/mol. The number of carbonyl (C=O) groups is 4. The molecule has 0 aromatic heterocycles. The minimum Gasteiger partial charge on any atom is -0.481 e. The Morgan fingerprint density at radius 1 is 0.972 bits per heavy atom. The van der Waals surface area contributed by atoms with Crippen LogP contribution in [0.5, 0.6) is 11.5 Å². The van der Waals surface area contributed by atoms with E-state index in [1.807, 2.05) is 30.3 Å². The van der Waals surface area contributed by atoms with E-state index in [2.05, 4.69) is 5.32 Å². The van der Waals surface area contributed by atoms with Crippen molar-refractivity contribution in [3.8, 4) is 11.5 Å². The number of carbonyl (C=O) groups excluding carboxylic acids is 3. The third kappa shape index (κ3) is 4.65. The molecule has 0 bridgehead atoms. The topological polar surface area (TPSA) is 116 Å². The molecular formula is C27H29N3O6. The van der Waals surface area contributed by atoms with Gasteiger partial charge in [-0.25, -0.2) is 9.69 Å². The molecule has 2 atom stereocenters. The molecule has 3 fully saturated rings. The van der Waals surface area contributed by atoms with Crippen molar-refractivity contribution in [2.75, 3.05) is 11.4 Å². The molecule has 9 nitrogen and oxygen atoms in total. The first kappa shape index (κ1) is 23.8. The Balaban J connectivity index is 1.32. The van der Waals surface area contributed by atoms with Crippen LogP contribution in [0.25, 0.3) is 0 Å². The van der Waals surface area contributed by atoms with Gasteiger partial charge in [0.05, 0.1) is 18.2 Å².